The van der Waals surface area contributed by atoms with Gasteiger partial charge in [0.15, 0.2) is 0 Å². The average molecular weight is 222 g/mol. The fourth-order valence-electron chi connectivity index (χ4n) is 2.21. The van der Waals surface area contributed by atoms with Gasteiger partial charge in [-0.1, -0.05) is 36.4 Å². The largest absolute Gasteiger partial charge is 0.299 e. The van der Waals surface area contributed by atoms with Gasteiger partial charge in [0.25, 0.3) is 0 Å². The number of pyridine rings is 1. The number of hydrogen-bond acceptors (Lipinski definition) is 1. The van der Waals surface area contributed by atoms with Crippen molar-refractivity contribution < 1.29 is 0 Å². The van der Waals surface area contributed by atoms with Crippen LogP contribution < -0.4 is 0 Å². The third-order valence-electron chi connectivity index (χ3n) is 2.99. The van der Waals surface area contributed by atoms with E-state index in [0.29, 0.717) is 0 Å². The maximum Gasteiger partial charge on any atom is 0.137 e. The number of aromatic nitrogens is 2. The first-order chi connectivity index (χ1) is 8.25. The summed E-state index contributed by atoms with van der Waals surface area (Å²) in [4.78, 5) is 4.59. The number of benzene rings is 1. The molecule has 84 valence electrons. The minimum Gasteiger partial charge on any atom is -0.299 e. The highest BCUT2D eigenvalue weighted by atomic mass is 15.0. The molecule has 0 saturated carbocycles. The predicted molar refractivity (Wildman–Crippen MR) is 70.1 cm³/mol. The molecule has 0 atom stereocenters. The SMILES string of the molecule is Cc1ccc2nc(C)c(-c3ccccc3)n2c1. The first-order valence-corrected chi connectivity index (χ1v) is 5.76. The number of fused-ring (bicyclic) bond motifs is 1. The Kier molecular flexibility index (Phi) is 2.22. The second-order valence-electron chi connectivity index (χ2n) is 4.35. The van der Waals surface area contributed by atoms with Crippen molar-refractivity contribution in [1.82, 2.24) is 9.38 Å². The Balaban J connectivity index is 2.35. The molecule has 2 heteroatoms. The summed E-state index contributed by atoms with van der Waals surface area (Å²) >= 11 is 0. The van der Waals surface area contributed by atoms with E-state index in [-0.39, 0.29) is 0 Å². The van der Waals surface area contributed by atoms with Crippen LogP contribution in [-0.2, 0) is 0 Å². The molecular weight excluding hydrogens is 208 g/mol. The van der Waals surface area contributed by atoms with Gasteiger partial charge in [-0.05, 0) is 25.5 Å². The third kappa shape index (κ3) is 1.62. The molecule has 3 aromatic rings. The molecule has 0 radical (unpaired) electrons. The van der Waals surface area contributed by atoms with E-state index in [1.165, 1.54) is 16.8 Å². The van der Waals surface area contributed by atoms with Crippen molar-refractivity contribution in [2.75, 3.05) is 0 Å². The van der Waals surface area contributed by atoms with Crippen molar-refractivity contribution in [3.8, 4) is 11.3 Å². The van der Waals surface area contributed by atoms with Gasteiger partial charge in [0, 0.05) is 11.8 Å². The molecule has 0 fully saturated rings. The van der Waals surface area contributed by atoms with Gasteiger partial charge in [-0.3, -0.25) is 4.40 Å². The average Bonchev–Trinajstić information content (AvgIpc) is 2.65. The molecule has 0 aliphatic heterocycles. The minimum atomic E-state index is 1.01. The molecule has 2 aromatic heterocycles. The molecule has 0 amide bonds. The molecule has 0 saturated heterocycles. The van der Waals surface area contributed by atoms with Gasteiger partial charge in [-0.25, -0.2) is 4.98 Å². The summed E-state index contributed by atoms with van der Waals surface area (Å²) in [6, 6.07) is 14.6. The van der Waals surface area contributed by atoms with Crippen LogP contribution >= 0.6 is 0 Å². The number of aryl methyl sites for hydroxylation is 2. The Morgan fingerprint density at radius 3 is 2.47 bits per heavy atom. The van der Waals surface area contributed by atoms with E-state index in [1.54, 1.807) is 0 Å². The zero-order chi connectivity index (χ0) is 11.8. The van der Waals surface area contributed by atoms with E-state index in [2.05, 4.69) is 65.8 Å². The van der Waals surface area contributed by atoms with Gasteiger partial charge < -0.3 is 0 Å². The van der Waals surface area contributed by atoms with Gasteiger partial charge in [0.05, 0.1) is 11.4 Å². The molecule has 0 bridgehead atoms. The summed E-state index contributed by atoms with van der Waals surface area (Å²) in [7, 11) is 0. The number of nitrogens with zero attached hydrogens (tertiary/aromatic N) is 2. The molecule has 2 nitrogen and oxygen atoms in total. The predicted octanol–water partition coefficient (Wildman–Crippen LogP) is 3.62. The molecule has 1 aromatic carbocycles. The lowest BCUT2D eigenvalue weighted by Gasteiger charge is -2.03. The third-order valence-corrected chi connectivity index (χ3v) is 2.99. The van der Waals surface area contributed by atoms with Crippen LogP contribution in [0.5, 0.6) is 0 Å². The van der Waals surface area contributed by atoms with E-state index in [1.807, 2.05) is 6.07 Å². The Hall–Kier alpha value is -2.09. The van der Waals surface area contributed by atoms with Gasteiger partial charge in [0.2, 0.25) is 0 Å². The summed E-state index contributed by atoms with van der Waals surface area (Å²) in [5.74, 6) is 0. The minimum absolute atomic E-state index is 1.01. The maximum absolute atomic E-state index is 4.59. The highest BCUT2D eigenvalue weighted by Gasteiger charge is 2.09. The Morgan fingerprint density at radius 2 is 1.71 bits per heavy atom. The van der Waals surface area contributed by atoms with Crippen LogP contribution in [0, 0.1) is 13.8 Å². The van der Waals surface area contributed by atoms with Crippen molar-refractivity contribution >= 4 is 5.65 Å². The number of hydrogen-bond donors (Lipinski definition) is 0. The molecule has 0 N–H and O–H groups in total. The van der Waals surface area contributed by atoms with E-state index in [4.69, 9.17) is 0 Å². The summed E-state index contributed by atoms with van der Waals surface area (Å²) in [5.41, 5.74) is 5.72. The standard InChI is InChI=1S/C15H14N2/c1-11-8-9-14-16-12(2)15(17(14)10-11)13-6-4-3-5-7-13/h3-10H,1-2H3. The Bertz CT molecular complexity index is 666. The van der Waals surface area contributed by atoms with Crippen molar-refractivity contribution in [2.45, 2.75) is 13.8 Å². The van der Waals surface area contributed by atoms with Gasteiger partial charge in [-0.2, -0.15) is 0 Å². The molecule has 3 rings (SSSR count). The van der Waals surface area contributed by atoms with Crippen LogP contribution in [0.2, 0.25) is 0 Å². The summed E-state index contributed by atoms with van der Waals surface area (Å²) in [6.45, 7) is 4.16. The second kappa shape index (κ2) is 3.74. The van der Waals surface area contributed by atoms with Crippen LogP contribution in [0.25, 0.3) is 16.9 Å². The lowest BCUT2D eigenvalue weighted by molar-refractivity contribution is 1.16. The van der Waals surface area contributed by atoms with Gasteiger partial charge in [0.1, 0.15) is 5.65 Å². The fourth-order valence-corrected chi connectivity index (χ4v) is 2.21. The maximum atomic E-state index is 4.59. The smallest absolute Gasteiger partial charge is 0.137 e. The lowest BCUT2D eigenvalue weighted by atomic mass is 10.1. The van der Waals surface area contributed by atoms with Crippen molar-refractivity contribution in [1.29, 1.82) is 0 Å². The normalized spacial score (nSPS) is 10.9. The van der Waals surface area contributed by atoms with Crippen LogP contribution in [0.3, 0.4) is 0 Å². The van der Waals surface area contributed by atoms with Crippen LogP contribution in [0.1, 0.15) is 11.3 Å². The first-order valence-electron chi connectivity index (χ1n) is 5.76. The molecule has 0 aliphatic carbocycles. The highest BCUT2D eigenvalue weighted by Crippen LogP contribution is 2.24. The fraction of sp³-hybridized carbons (Fsp3) is 0.133. The molecule has 0 unspecified atom stereocenters. The molecule has 17 heavy (non-hydrogen) atoms. The summed E-state index contributed by atoms with van der Waals surface area (Å²) < 4.78 is 2.17. The van der Waals surface area contributed by atoms with Crippen LogP contribution in [-0.4, -0.2) is 9.38 Å². The Labute approximate surface area is 101 Å². The van der Waals surface area contributed by atoms with Gasteiger partial charge in [-0.15, -0.1) is 0 Å². The highest BCUT2D eigenvalue weighted by molar-refractivity contribution is 5.67. The monoisotopic (exact) mass is 222 g/mol. The van der Waals surface area contributed by atoms with Gasteiger partial charge >= 0.3 is 0 Å². The van der Waals surface area contributed by atoms with E-state index in [9.17, 15) is 0 Å². The van der Waals surface area contributed by atoms with E-state index in [0.717, 1.165) is 11.3 Å². The van der Waals surface area contributed by atoms with E-state index >= 15 is 0 Å². The number of imidazole rings is 1. The van der Waals surface area contributed by atoms with Crippen LogP contribution in [0.15, 0.2) is 48.7 Å². The zero-order valence-electron chi connectivity index (χ0n) is 10.0. The lowest BCUT2D eigenvalue weighted by Crippen LogP contribution is -1.89. The quantitative estimate of drug-likeness (QED) is 0.614. The molecule has 0 spiro atoms. The Morgan fingerprint density at radius 1 is 0.941 bits per heavy atom. The summed E-state index contributed by atoms with van der Waals surface area (Å²) in [5, 5.41) is 0. The molecule has 2 heterocycles. The first kappa shape index (κ1) is 10.1. The van der Waals surface area contributed by atoms with Crippen molar-refractivity contribution in [2.24, 2.45) is 0 Å². The number of rotatable bonds is 1. The van der Waals surface area contributed by atoms with E-state index < -0.39 is 0 Å². The zero-order valence-corrected chi connectivity index (χ0v) is 10.0. The summed E-state index contributed by atoms with van der Waals surface area (Å²) in [6.07, 6.45) is 2.14. The van der Waals surface area contributed by atoms with Crippen molar-refractivity contribution in [3.63, 3.8) is 0 Å². The topological polar surface area (TPSA) is 17.3 Å². The van der Waals surface area contributed by atoms with Crippen LogP contribution in [0.4, 0.5) is 0 Å². The molecule has 0 aliphatic rings. The van der Waals surface area contributed by atoms with Crippen molar-refractivity contribution in [3.05, 3.63) is 59.9 Å². The molecular formula is C15H14N2. The second-order valence-corrected chi connectivity index (χ2v) is 4.35.